The van der Waals surface area contributed by atoms with E-state index in [1.807, 2.05) is 18.5 Å². The first-order chi connectivity index (χ1) is 12.3. The molecule has 1 aromatic heterocycles. The number of ether oxygens (including phenoxy) is 1. The van der Waals surface area contributed by atoms with Crippen LogP contribution in [0.5, 0.6) is 5.75 Å². The Morgan fingerprint density at radius 2 is 2.00 bits per heavy atom. The zero-order chi connectivity index (χ0) is 17.1. The molecule has 0 saturated carbocycles. The topological polar surface area (TPSA) is 50.3 Å². The molecule has 1 aromatic carbocycles. The zero-order valence-electron chi connectivity index (χ0n) is 14.8. The average molecular weight is 338 g/mol. The Balaban J connectivity index is 1.39. The van der Waals surface area contributed by atoms with Crippen molar-refractivity contribution in [2.45, 2.75) is 44.2 Å². The summed E-state index contributed by atoms with van der Waals surface area (Å²) >= 11 is 0. The van der Waals surface area contributed by atoms with Crippen LogP contribution in [0, 0.1) is 0 Å². The van der Waals surface area contributed by atoms with Crippen LogP contribution >= 0.6 is 0 Å². The van der Waals surface area contributed by atoms with Crippen LogP contribution in [0.15, 0.2) is 36.7 Å². The molecule has 2 aliphatic rings. The monoisotopic (exact) mass is 338 g/mol. The fraction of sp³-hybridized carbons (Fsp3) is 0.500. The van der Waals surface area contributed by atoms with E-state index in [4.69, 9.17) is 4.74 Å². The Labute approximate surface area is 149 Å². The second-order valence-corrected chi connectivity index (χ2v) is 7.04. The Bertz CT molecular complexity index is 706. The molecule has 0 amide bonds. The Morgan fingerprint density at radius 1 is 1.12 bits per heavy atom. The standard InChI is InChI=1S/C20H26N4O/c1-25-19-7-2-5-15-13-16(8-9-18(15)19)23-17-6-3-12-24(14-17)20-21-10-4-11-22-20/h2,4-5,7,10-11,16-17,23H,3,6,8-9,12-14H2,1H3/t16-,17-/m1/s1. The molecule has 25 heavy (non-hydrogen) atoms. The van der Waals surface area contributed by atoms with Gasteiger partial charge < -0.3 is 15.0 Å². The van der Waals surface area contributed by atoms with Crippen LogP contribution in [-0.4, -0.2) is 42.3 Å². The first kappa shape index (κ1) is 16.3. The largest absolute Gasteiger partial charge is 0.496 e. The first-order valence-electron chi connectivity index (χ1n) is 9.26. The fourth-order valence-electron chi connectivity index (χ4n) is 4.19. The molecule has 0 spiro atoms. The highest BCUT2D eigenvalue weighted by Gasteiger charge is 2.26. The van der Waals surface area contributed by atoms with Gasteiger partial charge in [-0.2, -0.15) is 0 Å². The summed E-state index contributed by atoms with van der Waals surface area (Å²) in [7, 11) is 1.77. The molecule has 1 fully saturated rings. The maximum Gasteiger partial charge on any atom is 0.225 e. The normalized spacial score (nSPS) is 23.2. The molecule has 5 heteroatoms. The van der Waals surface area contributed by atoms with Gasteiger partial charge in [-0.3, -0.25) is 0 Å². The van der Waals surface area contributed by atoms with Crippen LogP contribution in [0.1, 0.15) is 30.4 Å². The molecule has 0 unspecified atom stereocenters. The van der Waals surface area contributed by atoms with E-state index in [1.165, 1.54) is 30.4 Å². The number of piperidine rings is 1. The van der Waals surface area contributed by atoms with E-state index in [2.05, 4.69) is 38.4 Å². The van der Waals surface area contributed by atoms with E-state index in [1.54, 1.807) is 7.11 Å². The van der Waals surface area contributed by atoms with Crippen molar-refractivity contribution in [3.63, 3.8) is 0 Å². The molecule has 1 N–H and O–H groups in total. The van der Waals surface area contributed by atoms with Crippen molar-refractivity contribution in [1.29, 1.82) is 0 Å². The van der Waals surface area contributed by atoms with Crippen molar-refractivity contribution in [2.75, 3.05) is 25.1 Å². The lowest BCUT2D eigenvalue weighted by Gasteiger charge is -2.36. The van der Waals surface area contributed by atoms with Crippen LogP contribution in [0.3, 0.4) is 0 Å². The predicted molar refractivity (Wildman–Crippen MR) is 99.2 cm³/mol. The van der Waals surface area contributed by atoms with Crippen molar-refractivity contribution in [2.24, 2.45) is 0 Å². The summed E-state index contributed by atoms with van der Waals surface area (Å²) in [5, 5.41) is 3.90. The highest BCUT2D eigenvalue weighted by molar-refractivity contribution is 5.42. The van der Waals surface area contributed by atoms with E-state index >= 15 is 0 Å². The van der Waals surface area contributed by atoms with Crippen LogP contribution in [0.2, 0.25) is 0 Å². The number of anilines is 1. The lowest BCUT2D eigenvalue weighted by Crippen LogP contribution is -2.50. The summed E-state index contributed by atoms with van der Waals surface area (Å²) in [6.07, 6.45) is 9.42. The molecular formula is C20H26N4O. The quantitative estimate of drug-likeness (QED) is 0.929. The molecular weight excluding hydrogens is 312 g/mol. The maximum absolute atomic E-state index is 5.52. The molecule has 132 valence electrons. The van der Waals surface area contributed by atoms with E-state index in [9.17, 15) is 0 Å². The van der Waals surface area contributed by atoms with Gasteiger partial charge in [-0.05, 0) is 55.4 Å². The van der Waals surface area contributed by atoms with Crippen LogP contribution in [-0.2, 0) is 12.8 Å². The summed E-state index contributed by atoms with van der Waals surface area (Å²) in [5.41, 5.74) is 2.83. The third-order valence-electron chi connectivity index (χ3n) is 5.39. The predicted octanol–water partition coefficient (Wildman–Crippen LogP) is 2.60. The number of rotatable bonds is 4. The Kier molecular flexibility index (Phi) is 4.83. The third-order valence-corrected chi connectivity index (χ3v) is 5.39. The minimum absolute atomic E-state index is 0.509. The van der Waals surface area contributed by atoms with Crippen molar-refractivity contribution in [3.05, 3.63) is 47.8 Å². The Morgan fingerprint density at radius 3 is 2.84 bits per heavy atom. The van der Waals surface area contributed by atoms with E-state index in [0.29, 0.717) is 12.1 Å². The van der Waals surface area contributed by atoms with Gasteiger partial charge in [0.15, 0.2) is 0 Å². The van der Waals surface area contributed by atoms with E-state index < -0.39 is 0 Å². The number of hydrogen-bond acceptors (Lipinski definition) is 5. The number of methoxy groups -OCH3 is 1. The van der Waals surface area contributed by atoms with Gasteiger partial charge in [-0.15, -0.1) is 0 Å². The minimum Gasteiger partial charge on any atom is -0.496 e. The molecule has 2 atom stereocenters. The highest BCUT2D eigenvalue weighted by Crippen LogP contribution is 2.30. The first-order valence-corrected chi connectivity index (χ1v) is 9.26. The minimum atomic E-state index is 0.509. The molecule has 2 heterocycles. The third kappa shape index (κ3) is 3.61. The smallest absolute Gasteiger partial charge is 0.225 e. The van der Waals surface area contributed by atoms with E-state index in [0.717, 1.165) is 37.6 Å². The molecule has 1 aliphatic heterocycles. The van der Waals surface area contributed by atoms with Crippen molar-refractivity contribution < 1.29 is 4.74 Å². The summed E-state index contributed by atoms with van der Waals surface area (Å²) in [4.78, 5) is 11.1. The number of fused-ring (bicyclic) bond motifs is 1. The SMILES string of the molecule is COc1cccc2c1CC[C@@H](N[C@@H]1CCCN(c3ncccn3)C1)C2. The average Bonchev–Trinajstić information content (AvgIpc) is 2.68. The number of hydrogen-bond donors (Lipinski definition) is 1. The van der Waals surface area contributed by atoms with Gasteiger partial charge in [0.1, 0.15) is 5.75 Å². The summed E-state index contributed by atoms with van der Waals surface area (Å²) < 4.78 is 5.52. The fourth-order valence-corrected chi connectivity index (χ4v) is 4.19. The van der Waals surface area contributed by atoms with Crippen molar-refractivity contribution in [1.82, 2.24) is 15.3 Å². The van der Waals surface area contributed by atoms with Crippen molar-refractivity contribution >= 4 is 5.95 Å². The second kappa shape index (κ2) is 7.40. The Hall–Kier alpha value is -2.14. The molecule has 5 nitrogen and oxygen atoms in total. The molecule has 1 saturated heterocycles. The van der Waals surface area contributed by atoms with Gasteiger partial charge in [0, 0.05) is 37.6 Å². The number of benzene rings is 1. The lowest BCUT2D eigenvalue weighted by atomic mass is 9.87. The van der Waals surface area contributed by atoms with Crippen molar-refractivity contribution in [3.8, 4) is 5.75 Å². The van der Waals surface area contributed by atoms with Gasteiger partial charge in [0.25, 0.3) is 0 Å². The maximum atomic E-state index is 5.52. The van der Waals surface area contributed by atoms with Gasteiger partial charge in [0.05, 0.1) is 7.11 Å². The zero-order valence-corrected chi connectivity index (χ0v) is 14.8. The van der Waals surface area contributed by atoms with Gasteiger partial charge in [-0.1, -0.05) is 12.1 Å². The second-order valence-electron chi connectivity index (χ2n) is 7.04. The van der Waals surface area contributed by atoms with Crippen LogP contribution < -0.4 is 15.0 Å². The van der Waals surface area contributed by atoms with E-state index in [-0.39, 0.29) is 0 Å². The number of nitrogens with one attached hydrogen (secondary N) is 1. The molecule has 0 radical (unpaired) electrons. The molecule has 0 bridgehead atoms. The van der Waals surface area contributed by atoms with Crippen LogP contribution in [0.25, 0.3) is 0 Å². The van der Waals surface area contributed by atoms with Gasteiger partial charge in [-0.25, -0.2) is 9.97 Å². The highest BCUT2D eigenvalue weighted by atomic mass is 16.5. The van der Waals surface area contributed by atoms with Gasteiger partial charge in [0.2, 0.25) is 5.95 Å². The molecule has 2 aromatic rings. The summed E-state index contributed by atoms with van der Waals surface area (Å²) in [5.74, 6) is 1.90. The van der Waals surface area contributed by atoms with Gasteiger partial charge >= 0.3 is 0 Å². The number of aromatic nitrogens is 2. The molecule has 1 aliphatic carbocycles. The summed E-state index contributed by atoms with van der Waals surface area (Å²) in [6, 6.07) is 9.35. The lowest BCUT2D eigenvalue weighted by molar-refractivity contribution is 0.345. The summed E-state index contributed by atoms with van der Waals surface area (Å²) in [6.45, 7) is 2.04. The molecule has 4 rings (SSSR count). The number of nitrogens with zero attached hydrogens (tertiary/aromatic N) is 3. The van der Waals surface area contributed by atoms with Crippen LogP contribution in [0.4, 0.5) is 5.95 Å².